The van der Waals surface area contributed by atoms with Gasteiger partial charge in [-0.15, -0.1) is 0 Å². The van der Waals surface area contributed by atoms with Crippen LogP contribution in [-0.2, 0) is 6.42 Å². The first-order valence-corrected chi connectivity index (χ1v) is 9.56. The van der Waals surface area contributed by atoms with E-state index in [9.17, 15) is 4.79 Å². The van der Waals surface area contributed by atoms with Crippen LogP contribution in [-0.4, -0.2) is 34.5 Å². The molecule has 2 aromatic rings. The van der Waals surface area contributed by atoms with Gasteiger partial charge in [-0.05, 0) is 49.6 Å². The molecule has 1 aliphatic rings. The Hall–Kier alpha value is -2.72. The van der Waals surface area contributed by atoms with Crippen molar-refractivity contribution in [3.63, 3.8) is 0 Å². The number of para-hydroxylation sites is 1. The summed E-state index contributed by atoms with van der Waals surface area (Å²) in [4.78, 5) is 22.1. The molecule has 0 aliphatic carbocycles. The van der Waals surface area contributed by atoms with Crippen molar-refractivity contribution in [2.45, 2.75) is 26.2 Å². The molecule has 0 saturated heterocycles. The third-order valence-electron chi connectivity index (χ3n) is 4.86. The highest BCUT2D eigenvalue weighted by molar-refractivity contribution is 5.77. The molecule has 2 heterocycles. The summed E-state index contributed by atoms with van der Waals surface area (Å²) in [7, 11) is 0. The van der Waals surface area contributed by atoms with Crippen LogP contribution in [0, 0.1) is 0 Å². The van der Waals surface area contributed by atoms with Gasteiger partial charge in [-0.25, -0.2) is 4.98 Å². The van der Waals surface area contributed by atoms with Crippen molar-refractivity contribution >= 4 is 10.9 Å². The second-order valence-corrected chi connectivity index (χ2v) is 6.77. The number of nitrogens with zero attached hydrogens (tertiary/aromatic N) is 2. The van der Waals surface area contributed by atoms with Crippen LogP contribution in [0.1, 0.15) is 25.6 Å². The number of hydrogen-bond acceptors (Lipinski definition) is 3. The first-order chi connectivity index (χ1) is 13.2. The lowest BCUT2D eigenvalue weighted by atomic mass is 9.98. The second kappa shape index (κ2) is 9.28. The van der Waals surface area contributed by atoms with Gasteiger partial charge in [0.2, 0.25) is 0 Å². The average molecular weight is 361 g/mol. The molecule has 0 amide bonds. The fourth-order valence-corrected chi connectivity index (χ4v) is 3.48. The number of hydrogen-bond donors (Lipinski definition) is 1. The Kier molecular flexibility index (Phi) is 6.55. The van der Waals surface area contributed by atoms with Crippen LogP contribution in [0.25, 0.3) is 10.9 Å². The van der Waals surface area contributed by atoms with Crippen molar-refractivity contribution in [3.8, 4) is 0 Å². The van der Waals surface area contributed by atoms with Gasteiger partial charge in [0.15, 0.2) is 0 Å². The van der Waals surface area contributed by atoms with E-state index in [4.69, 9.17) is 0 Å². The molecular weight excluding hydrogens is 334 g/mol. The van der Waals surface area contributed by atoms with Gasteiger partial charge in [0.25, 0.3) is 5.56 Å². The Morgan fingerprint density at radius 1 is 1.37 bits per heavy atom. The average Bonchev–Trinajstić information content (AvgIpc) is 2.68. The van der Waals surface area contributed by atoms with Gasteiger partial charge in [0.1, 0.15) is 5.82 Å². The maximum absolute atomic E-state index is 12.1. The maximum Gasteiger partial charge on any atom is 0.258 e. The quantitative estimate of drug-likeness (QED) is 0.753. The Morgan fingerprint density at radius 2 is 2.22 bits per heavy atom. The topological polar surface area (TPSA) is 49.0 Å². The number of rotatable bonds is 7. The minimum Gasteiger partial charge on any atom is -0.310 e. The Morgan fingerprint density at radius 3 is 2.96 bits per heavy atom. The van der Waals surface area contributed by atoms with Crippen LogP contribution >= 0.6 is 0 Å². The first-order valence-electron chi connectivity index (χ1n) is 9.56. The fourth-order valence-electron chi connectivity index (χ4n) is 3.48. The molecule has 1 aromatic heterocycles. The van der Waals surface area contributed by atoms with Crippen LogP contribution in [0.2, 0.25) is 0 Å². The lowest BCUT2D eigenvalue weighted by Crippen LogP contribution is -2.30. The zero-order chi connectivity index (χ0) is 19.1. The number of nitrogens with one attached hydrogen (secondary N) is 1. The number of allylic oxidation sites excluding steroid dienone is 5. The summed E-state index contributed by atoms with van der Waals surface area (Å²) in [6, 6.07) is 7.48. The van der Waals surface area contributed by atoms with E-state index in [1.807, 2.05) is 37.3 Å². The number of aromatic amines is 1. The molecule has 4 heteroatoms. The number of aryl methyl sites for hydroxylation is 1. The number of H-pyrrole nitrogens is 1. The molecule has 0 bridgehead atoms. The van der Waals surface area contributed by atoms with Gasteiger partial charge in [-0.2, -0.15) is 0 Å². The zero-order valence-electron chi connectivity index (χ0n) is 15.9. The maximum atomic E-state index is 12.1. The van der Waals surface area contributed by atoms with Crippen molar-refractivity contribution in [1.29, 1.82) is 0 Å². The lowest BCUT2D eigenvalue weighted by Gasteiger charge is -2.26. The van der Waals surface area contributed by atoms with E-state index in [1.54, 1.807) is 0 Å². The first kappa shape index (κ1) is 19.1. The van der Waals surface area contributed by atoms with Gasteiger partial charge in [-0.1, -0.05) is 49.1 Å². The molecule has 3 rings (SSSR count). The van der Waals surface area contributed by atoms with Crippen molar-refractivity contribution in [2.75, 3.05) is 19.6 Å². The molecular formula is C23H27N3O. The zero-order valence-corrected chi connectivity index (χ0v) is 15.9. The number of benzene rings is 1. The van der Waals surface area contributed by atoms with E-state index in [0.717, 1.165) is 50.2 Å². The van der Waals surface area contributed by atoms with Crippen molar-refractivity contribution in [2.24, 2.45) is 0 Å². The molecule has 1 aromatic carbocycles. The predicted molar refractivity (Wildman–Crippen MR) is 113 cm³/mol. The van der Waals surface area contributed by atoms with E-state index in [-0.39, 0.29) is 5.56 Å². The van der Waals surface area contributed by atoms with E-state index >= 15 is 0 Å². The molecule has 0 spiro atoms. The van der Waals surface area contributed by atoms with Gasteiger partial charge in [0, 0.05) is 19.5 Å². The third kappa shape index (κ3) is 4.92. The third-order valence-corrected chi connectivity index (χ3v) is 4.86. The van der Waals surface area contributed by atoms with Gasteiger partial charge < -0.3 is 4.98 Å². The van der Waals surface area contributed by atoms with Crippen molar-refractivity contribution in [3.05, 3.63) is 88.5 Å². The fraction of sp³-hybridized carbons (Fsp3) is 0.304. The Balaban J connectivity index is 1.56. The smallest absolute Gasteiger partial charge is 0.258 e. The van der Waals surface area contributed by atoms with Crippen molar-refractivity contribution in [1.82, 2.24) is 14.9 Å². The summed E-state index contributed by atoms with van der Waals surface area (Å²) in [5.74, 6) is 0.774. The highest BCUT2D eigenvalue weighted by atomic mass is 16.1. The molecule has 4 nitrogen and oxygen atoms in total. The molecule has 0 radical (unpaired) electrons. The molecule has 0 saturated carbocycles. The number of aromatic nitrogens is 2. The molecule has 0 atom stereocenters. The minimum atomic E-state index is -0.0494. The normalized spacial score (nSPS) is 16.0. The van der Waals surface area contributed by atoms with Crippen LogP contribution < -0.4 is 5.56 Å². The van der Waals surface area contributed by atoms with Crippen molar-refractivity contribution < 1.29 is 0 Å². The summed E-state index contributed by atoms with van der Waals surface area (Å²) < 4.78 is 0. The second-order valence-electron chi connectivity index (χ2n) is 6.77. The van der Waals surface area contributed by atoms with Crippen LogP contribution in [0.3, 0.4) is 0 Å². The Bertz CT molecular complexity index is 949. The van der Waals surface area contributed by atoms with Gasteiger partial charge in [0.05, 0.1) is 10.9 Å². The summed E-state index contributed by atoms with van der Waals surface area (Å²) in [6.45, 7) is 8.87. The molecule has 140 valence electrons. The highest BCUT2D eigenvalue weighted by Crippen LogP contribution is 2.20. The SMILES string of the molecule is C=C/C=C(\C=C/C)C1=CCN(CCCc2nc3ccccc3c(=O)[nH]2)CC1. The van der Waals surface area contributed by atoms with Crippen LogP contribution in [0.15, 0.2) is 77.2 Å². The van der Waals surface area contributed by atoms with E-state index in [0.29, 0.717) is 5.39 Å². The minimum absolute atomic E-state index is 0.0494. The molecule has 1 aliphatic heterocycles. The van der Waals surface area contributed by atoms with Crippen LogP contribution in [0.5, 0.6) is 0 Å². The molecule has 27 heavy (non-hydrogen) atoms. The van der Waals surface area contributed by atoms with E-state index in [1.165, 1.54) is 11.1 Å². The van der Waals surface area contributed by atoms with Crippen LogP contribution in [0.4, 0.5) is 0 Å². The largest absolute Gasteiger partial charge is 0.310 e. The van der Waals surface area contributed by atoms with Gasteiger partial charge >= 0.3 is 0 Å². The summed E-state index contributed by atoms with van der Waals surface area (Å²) in [5, 5.41) is 0.652. The van der Waals surface area contributed by atoms with Gasteiger partial charge in [-0.3, -0.25) is 9.69 Å². The molecule has 0 unspecified atom stereocenters. The van der Waals surface area contributed by atoms with E-state index < -0.39 is 0 Å². The Labute approximate surface area is 160 Å². The lowest BCUT2D eigenvalue weighted by molar-refractivity contribution is 0.290. The summed E-state index contributed by atoms with van der Waals surface area (Å²) >= 11 is 0. The van der Waals surface area contributed by atoms with E-state index in [2.05, 4.69) is 45.8 Å². The number of fused-ring (bicyclic) bond motifs is 1. The monoisotopic (exact) mass is 361 g/mol. The molecule has 0 fully saturated rings. The predicted octanol–water partition coefficient (Wildman–Crippen LogP) is 4.18. The standard InChI is InChI=1S/C23H27N3O/c1-3-8-18(9-4-2)19-13-16-26(17-14-19)15-7-12-22-24-21-11-6-5-10-20(21)23(27)25-22/h3-6,8-11,13H,1,7,12,14-17H2,2H3,(H,24,25,27)/b9-4-,18-8+. The highest BCUT2D eigenvalue weighted by Gasteiger charge is 2.13. The summed E-state index contributed by atoms with van der Waals surface area (Å²) in [6.07, 6.45) is 13.3. The summed E-state index contributed by atoms with van der Waals surface area (Å²) in [5.41, 5.74) is 3.37. The molecule has 1 N–H and O–H groups in total.